The number of aromatic nitrogens is 1. The maximum Gasteiger partial charge on any atom is 0.355 e. The fraction of sp³-hybridized carbons (Fsp3) is 0.118. The number of esters is 1. The number of aromatic amines is 1. The Morgan fingerprint density at radius 2 is 1.86 bits per heavy atom. The summed E-state index contributed by atoms with van der Waals surface area (Å²) in [6.45, 7) is 1.97. The average Bonchev–Trinajstić information content (AvgIpc) is 2.88. The van der Waals surface area contributed by atoms with Crippen LogP contribution in [0.25, 0.3) is 22.0 Å². The maximum absolute atomic E-state index is 13.1. The summed E-state index contributed by atoms with van der Waals surface area (Å²) in [7, 11) is 1.34. The molecule has 2 aromatic carbocycles. The highest BCUT2D eigenvalue weighted by Gasteiger charge is 2.20. The van der Waals surface area contributed by atoms with Gasteiger partial charge in [-0.2, -0.15) is 0 Å². The molecule has 0 bridgehead atoms. The van der Waals surface area contributed by atoms with Gasteiger partial charge >= 0.3 is 5.97 Å². The van der Waals surface area contributed by atoms with Crippen LogP contribution in [-0.4, -0.2) is 18.1 Å². The molecule has 1 N–H and O–H groups in total. The van der Waals surface area contributed by atoms with Crippen molar-refractivity contribution in [2.75, 3.05) is 7.11 Å². The van der Waals surface area contributed by atoms with Crippen molar-refractivity contribution >= 4 is 16.9 Å². The number of aryl methyl sites for hydroxylation is 1. The van der Waals surface area contributed by atoms with Gasteiger partial charge in [-0.15, -0.1) is 0 Å². The molecule has 0 aliphatic heterocycles. The van der Waals surface area contributed by atoms with Crippen LogP contribution in [0.1, 0.15) is 16.1 Å². The standard InChI is InChI=1S/C17H14FNO2/c1-10-4-3-5-13-14(11-6-8-12(18)9-7-11)16(17(20)21-2)19-15(10)13/h3-9,19H,1-2H3. The van der Waals surface area contributed by atoms with Gasteiger partial charge in [0, 0.05) is 16.5 Å². The highest BCUT2D eigenvalue weighted by molar-refractivity contribution is 6.08. The summed E-state index contributed by atoms with van der Waals surface area (Å²) in [5, 5.41) is 0.919. The Kier molecular flexibility index (Phi) is 3.22. The van der Waals surface area contributed by atoms with E-state index in [9.17, 15) is 9.18 Å². The molecule has 0 radical (unpaired) electrons. The van der Waals surface area contributed by atoms with Crippen LogP contribution < -0.4 is 0 Å². The highest BCUT2D eigenvalue weighted by atomic mass is 19.1. The topological polar surface area (TPSA) is 42.1 Å². The molecule has 1 heterocycles. The van der Waals surface area contributed by atoms with Crippen LogP contribution in [0.5, 0.6) is 0 Å². The molecule has 4 heteroatoms. The first kappa shape index (κ1) is 13.4. The Labute approximate surface area is 121 Å². The number of carbonyl (C=O) groups excluding carboxylic acids is 1. The third-order valence-electron chi connectivity index (χ3n) is 3.56. The molecular formula is C17H14FNO2. The molecule has 0 fully saturated rings. The Bertz CT molecular complexity index is 819. The normalized spacial score (nSPS) is 10.8. The van der Waals surface area contributed by atoms with E-state index >= 15 is 0 Å². The van der Waals surface area contributed by atoms with Crippen LogP contribution in [-0.2, 0) is 4.74 Å². The average molecular weight is 283 g/mol. The second kappa shape index (κ2) is 5.05. The SMILES string of the molecule is COC(=O)c1[nH]c2c(C)cccc2c1-c1ccc(F)cc1. The van der Waals surface area contributed by atoms with Gasteiger partial charge in [0.15, 0.2) is 0 Å². The summed E-state index contributed by atoms with van der Waals surface area (Å²) in [6, 6.07) is 11.9. The molecule has 0 atom stereocenters. The molecular weight excluding hydrogens is 269 g/mol. The van der Waals surface area contributed by atoms with E-state index in [2.05, 4.69) is 4.98 Å². The summed E-state index contributed by atoms with van der Waals surface area (Å²) in [6.07, 6.45) is 0. The number of halogens is 1. The van der Waals surface area contributed by atoms with E-state index in [1.807, 2.05) is 25.1 Å². The number of benzene rings is 2. The van der Waals surface area contributed by atoms with Crippen molar-refractivity contribution in [3.8, 4) is 11.1 Å². The highest BCUT2D eigenvalue weighted by Crippen LogP contribution is 2.34. The molecule has 0 unspecified atom stereocenters. The second-order valence-corrected chi connectivity index (χ2v) is 4.87. The zero-order chi connectivity index (χ0) is 15.0. The number of methoxy groups -OCH3 is 1. The lowest BCUT2D eigenvalue weighted by molar-refractivity contribution is 0.0596. The van der Waals surface area contributed by atoms with Crippen LogP contribution in [0.15, 0.2) is 42.5 Å². The number of hydrogen-bond acceptors (Lipinski definition) is 2. The summed E-state index contributed by atoms with van der Waals surface area (Å²) in [5.74, 6) is -0.751. The lowest BCUT2D eigenvalue weighted by atomic mass is 10.0. The molecule has 0 amide bonds. The van der Waals surface area contributed by atoms with E-state index in [0.29, 0.717) is 5.69 Å². The van der Waals surface area contributed by atoms with Crippen molar-refractivity contribution in [2.24, 2.45) is 0 Å². The van der Waals surface area contributed by atoms with Crippen molar-refractivity contribution in [3.63, 3.8) is 0 Å². The summed E-state index contributed by atoms with van der Waals surface area (Å²) >= 11 is 0. The van der Waals surface area contributed by atoms with Crippen molar-refractivity contribution in [3.05, 3.63) is 59.5 Å². The zero-order valence-corrected chi connectivity index (χ0v) is 11.7. The first-order valence-electron chi connectivity index (χ1n) is 6.57. The summed E-state index contributed by atoms with van der Waals surface area (Å²) < 4.78 is 18.0. The lowest BCUT2D eigenvalue weighted by Gasteiger charge is -2.04. The van der Waals surface area contributed by atoms with E-state index < -0.39 is 5.97 Å². The number of hydrogen-bond donors (Lipinski definition) is 1. The van der Waals surface area contributed by atoms with Gasteiger partial charge in [-0.1, -0.05) is 30.3 Å². The van der Waals surface area contributed by atoms with Crippen molar-refractivity contribution in [1.29, 1.82) is 0 Å². The maximum atomic E-state index is 13.1. The fourth-order valence-corrected chi connectivity index (χ4v) is 2.54. The largest absolute Gasteiger partial charge is 0.464 e. The van der Waals surface area contributed by atoms with Crippen LogP contribution in [0.2, 0.25) is 0 Å². The first-order valence-corrected chi connectivity index (χ1v) is 6.57. The summed E-state index contributed by atoms with van der Waals surface area (Å²) in [5.41, 5.74) is 3.81. The minimum atomic E-state index is -0.440. The van der Waals surface area contributed by atoms with E-state index in [4.69, 9.17) is 4.74 Å². The molecule has 3 rings (SSSR count). The van der Waals surface area contributed by atoms with Crippen LogP contribution in [0.3, 0.4) is 0 Å². The molecule has 0 saturated heterocycles. The molecule has 0 aliphatic rings. The molecule has 106 valence electrons. The number of carbonyl (C=O) groups is 1. The zero-order valence-electron chi connectivity index (χ0n) is 11.7. The quantitative estimate of drug-likeness (QED) is 0.720. The Balaban J connectivity index is 2.35. The lowest BCUT2D eigenvalue weighted by Crippen LogP contribution is -2.03. The van der Waals surface area contributed by atoms with Gasteiger partial charge in [-0.05, 0) is 30.2 Å². The van der Waals surface area contributed by atoms with E-state index in [1.165, 1.54) is 19.2 Å². The minimum absolute atomic E-state index is 0.311. The number of rotatable bonds is 2. The summed E-state index contributed by atoms with van der Waals surface area (Å²) in [4.78, 5) is 15.2. The fourth-order valence-electron chi connectivity index (χ4n) is 2.54. The first-order chi connectivity index (χ1) is 10.1. The Hall–Kier alpha value is -2.62. The smallest absolute Gasteiger partial charge is 0.355 e. The third-order valence-corrected chi connectivity index (χ3v) is 3.56. The van der Waals surface area contributed by atoms with E-state index in [1.54, 1.807) is 12.1 Å². The Morgan fingerprint density at radius 3 is 2.52 bits per heavy atom. The van der Waals surface area contributed by atoms with Gasteiger partial charge in [0.25, 0.3) is 0 Å². The Morgan fingerprint density at radius 1 is 1.14 bits per heavy atom. The minimum Gasteiger partial charge on any atom is -0.464 e. The van der Waals surface area contributed by atoms with Gasteiger partial charge in [0.1, 0.15) is 11.5 Å². The second-order valence-electron chi connectivity index (χ2n) is 4.87. The van der Waals surface area contributed by atoms with Crippen LogP contribution >= 0.6 is 0 Å². The predicted octanol–water partition coefficient (Wildman–Crippen LogP) is 4.07. The molecule has 21 heavy (non-hydrogen) atoms. The van der Waals surface area contributed by atoms with Gasteiger partial charge in [0.05, 0.1) is 7.11 Å². The molecule has 0 spiro atoms. The van der Waals surface area contributed by atoms with E-state index in [0.717, 1.165) is 27.6 Å². The number of fused-ring (bicyclic) bond motifs is 1. The van der Waals surface area contributed by atoms with Crippen molar-refractivity contribution < 1.29 is 13.9 Å². The van der Waals surface area contributed by atoms with Gasteiger partial charge in [-0.3, -0.25) is 0 Å². The molecule has 3 nitrogen and oxygen atoms in total. The monoisotopic (exact) mass is 283 g/mol. The molecule has 0 aliphatic carbocycles. The van der Waals surface area contributed by atoms with E-state index in [-0.39, 0.29) is 5.82 Å². The molecule has 1 aromatic heterocycles. The number of H-pyrrole nitrogens is 1. The van der Waals surface area contributed by atoms with Gasteiger partial charge < -0.3 is 9.72 Å². The number of para-hydroxylation sites is 1. The number of ether oxygens (including phenoxy) is 1. The van der Waals surface area contributed by atoms with Gasteiger partial charge in [0.2, 0.25) is 0 Å². The predicted molar refractivity (Wildman–Crippen MR) is 79.8 cm³/mol. The van der Waals surface area contributed by atoms with Crippen LogP contribution in [0.4, 0.5) is 4.39 Å². The third kappa shape index (κ3) is 2.18. The van der Waals surface area contributed by atoms with Gasteiger partial charge in [-0.25, -0.2) is 9.18 Å². The molecule has 3 aromatic rings. The van der Waals surface area contributed by atoms with Crippen molar-refractivity contribution in [2.45, 2.75) is 6.92 Å². The van der Waals surface area contributed by atoms with Crippen molar-refractivity contribution in [1.82, 2.24) is 4.98 Å². The number of nitrogens with one attached hydrogen (secondary N) is 1. The molecule has 0 saturated carbocycles. The van der Waals surface area contributed by atoms with Crippen LogP contribution in [0, 0.1) is 12.7 Å².